The summed E-state index contributed by atoms with van der Waals surface area (Å²) < 4.78 is 10.2. The van der Waals surface area contributed by atoms with Crippen LogP contribution in [0, 0.1) is 0 Å². The summed E-state index contributed by atoms with van der Waals surface area (Å²) in [6, 6.07) is 13.1. The Morgan fingerprint density at radius 1 is 0.793 bits per heavy atom. The van der Waals surface area contributed by atoms with Crippen molar-refractivity contribution >= 4 is 23.3 Å². The average molecular weight is 394 g/mol. The third-order valence-corrected chi connectivity index (χ3v) is 5.43. The van der Waals surface area contributed by atoms with Crippen LogP contribution in [-0.4, -0.2) is 31.8 Å². The Labute approximate surface area is 171 Å². The molecule has 0 saturated carbocycles. The minimum Gasteiger partial charge on any atom is -0.466 e. The van der Waals surface area contributed by atoms with Crippen LogP contribution in [-0.2, 0) is 45.0 Å². The van der Waals surface area contributed by atoms with Gasteiger partial charge in [0, 0.05) is 51.2 Å². The number of ether oxygens (including phenoxy) is 2. The second-order valence-corrected chi connectivity index (χ2v) is 7.64. The minimum absolute atomic E-state index is 0.237. The number of hydrogen-bond acceptors (Lipinski definition) is 6. The van der Waals surface area contributed by atoms with Crippen LogP contribution in [0.3, 0.4) is 0 Å². The Bertz CT molecular complexity index is 865. The highest BCUT2D eigenvalue weighted by molar-refractivity contribution is 5.69. The van der Waals surface area contributed by atoms with E-state index < -0.39 is 0 Å². The molecule has 0 aromatic heterocycles. The number of carbonyl (C=O) groups excluding carboxylic acids is 2. The van der Waals surface area contributed by atoms with E-state index in [0.717, 1.165) is 32.6 Å². The Morgan fingerprint density at radius 2 is 1.24 bits per heavy atom. The van der Waals surface area contributed by atoms with Crippen LogP contribution < -0.4 is 9.80 Å². The predicted octanol–water partition coefficient (Wildman–Crippen LogP) is 3.20. The van der Waals surface area contributed by atoms with E-state index in [0.29, 0.717) is 13.2 Å². The van der Waals surface area contributed by atoms with Crippen LogP contribution in [0.2, 0.25) is 0 Å². The normalized spacial score (nSPS) is 14.1. The molecule has 4 rings (SSSR count). The summed E-state index contributed by atoms with van der Waals surface area (Å²) in [7, 11) is 0. The molecule has 2 aromatic carbocycles. The molecule has 2 aromatic rings. The summed E-state index contributed by atoms with van der Waals surface area (Å²) >= 11 is 0. The molecular formula is C23H26N2O4. The van der Waals surface area contributed by atoms with Gasteiger partial charge >= 0.3 is 11.9 Å². The molecule has 6 nitrogen and oxygen atoms in total. The molecule has 0 spiro atoms. The van der Waals surface area contributed by atoms with Crippen molar-refractivity contribution in [1.29, 1.82) is 0 Å². The van der Waals surface area contributed by atoms with Crippen LogP contribution in [0.25, 0.3) is 0 Å². The Kier molecular flexibility index (Phi) is 5.43. The first-order chi connectivity index (χ1) is 14.0. The van der Waals surface area contributed by atoms with E-state index in [-0.39, 0.29) is 11.9 Å². The van der Waals surface area contributed by atoms with Gasteiger partial charge in [0.25, 0.3) is 0 Å². The maximum absolute atomic E-state index is 11.0. The molecule has 2 aliphatic heterocycles. The molecule has 0 radical (unpaired) electrons. The molecule has 0 fully saturated rings. The molecular weight excluding hydrogens is 368 g/mol. The molecule has 2 aliphatic rings. The number of esters is 2. The lowest BCUT2D eigenvalue weighted by Crippen LogP contribution is -2.46. The van der Waals surface area contributed by atoms with Crippen molar-refractivity contribution in [2.24, 2.45) is 0 Å². The van der Waals surface area contributed by atoms with Gasteiger partial charge in [0.15, 0.2) is 0 Å². The number of rotatable bonds is 6. The van der Waals surface area contributed by atoms with E-state index in [1.54, 1.807) is 0 Å². The Morgan fingerprint density at radius 3 is 1.66 bits per heavy atom. The molecule has 0 atom stereocenters. The van der Waals surface area contributed by atoms with E-state index in [9.17, 15) is 9.59 Å². The van der Waals surface area contributed by atoms with Gasteiger partial charge in [-0.15, -0.1) is 0 Å². The SMILES string of the molecule is CC(=O)OCCc1ccc2c(c1)CN1CN2Cc2cc(CCOC(C)=O)ccc21. The lowest BCUT2D eigenvalue weighted by Gasteiger charge is -2.45. The lowest BCUT2D eigenvalue weighted by molar-refractivity contribution is -0.141. The highest BCUT2D eigenvalue weighted by atomic mass is 16.5. The van der Waals surface area contributed by atoms with Gasteiger partial charge in [0.1, 0.15) is 0 Å². The monoisotopic (exact) mass is 394 g/mol. The van der Waals surface area contributed by atoms with Crippen molar-refractivity contribution < 1.29 is 19.1 Å². The molecule has 0 aliphatic carbocycles. The van der Waals surface area contributed by atoms with Crippen LogP contribution in [0.15, 0.2) is 36.4 Å². The first-order valence-electron chi connectivity index (χ1n) is 10.00. The van der Waals surface area contributed by atoms with Crippen molar-refractivity contribution in [2.75, 3.05) is 29.7 Å². The number of hydrogen-bond donors (Lipinski definition) is 0. The zero-order chi connectivity index (χ0) is 20.4. The smallest absolute Gasteiger partial charge is 0.302 e. The average Bonchev–Trinajstić information content (AvgIpc) is 2.67. The first-order valence-corrected chi connectivity index (χ1v) is 10.00. The van der Waals surface area contributed by atoms with Gasteiger partial charge in [-0.2, -0.15) is 0 Å². The molecule has 0 N–H and O–H groups in total. The fourth-order valence-electron chi connectivity index (χ4n) is 4.12. The van der Waals surface area contributed by atoms with Gasteiger partial charge in [-0.1, -0.05) is 24.3 Å². The summed E-state index contributed by atoms with van der Waals surface area (Å²) in [5, 5.41) is 0. The zero-order valence-electron chi connectivity index (χ0n) is 16.9. The van der Waals surface area contributed by atoms with Gasteiger partial charge in [0.2, 0.25) is 0 Å². The fourth-order valence-corrected chi connectivity index (χ4v) is 4.12. The molecule has 2 heterocycles. The largest absolute Gasteiger partial charge is 0.466 e. The summed E-state index contributed by atoms with van der Waals surface area (Å²) in [6.07, 6.45) is 1.46. The number of carbonyl (C=O) groups is 2. The minimum atomic E-state index is -0.237. The molecule has 152 valence electrons. The molecule has 29 heavy (non-hydrogen) atoms. The summed E-state index contributed by atoms with van der Waals surface area (Å²) in [5.74, 6) is -0.475. The van der Waals surface area contributed by atoms with Gasteiger partial charge in [-0.3, -0.25) is 9.59 Å². The highest BCUT2D eigenvalue weighted by Crippen LogP contribution is 2.38. The summed E-state index contributed by atoms with van der Waals surface area (Å²) in [6.45, 7) is 6.34. The van der Waals surface area contributed by atoms with Crippen LogP contribution >= 0.6 is 0 Å². The molecule has 0 saturated heterocycles. The second-order valence-electron chi connectivity index (χ2n) is 7.64. The maximum atomic E-state index is 11.0. The fraction of sp³-hybridized carbons (Fsp3) is 0.391. The first kappa shape index (κ1) is 19.3. The van der Waals surface area contributed by atoms with Crippen LogP contribution in [0.5, 0.6) is 0 Å². The van der Waals surface area contributed by atoms with E-state index in [2.05, 4.69) is 46.2 Å². The van der Waals surface area contributed by atoms with Gasteiger partial charge in [-0.05, 0) is 34.4 Å². The van der Waals surface area contributed by atoms with Gasteiger partial charge in [0.05, 0.1) is 19.9 Å². The van der Waals surface area contributed by atoms with Crippen molar-refractivity contribution in [3.8, 4) is 0 Å². The third-order valence-electron chi connectivity index (χ3n) is 5.43. The standard InChI is InChI=1S/C23H26N2O4/c1-16(26)28-9-7-18-3-5-22-20(11-18)13-24-15-25(22)14-21-12-19(4-6-23(21)24)8-10-29-17(2)27/h3-6,11-12H,7-10,13-15H2,1-2H3. The van der Waals surface area contributed by atoms with Gasteiger partial charge < -0.3 is 19.3 Å². The predicted molar refractivity (Wildman–Crippen MR) is 111 cm³/mol. The molecule has 2 bridgehead atoms. The van der Waals surface area contributed by atoms with Gasteiger partial charge in [-0.25, -0.2) is 0 Å². The number of nitrogens with zero attached hydrogens (tertiary/aromatic N) is 2. The number of anilines is 2. The van der Waals surface area contributed by atoms with E-state index in [4.69, 9.17) is 9.47 Å². The third kappa shape index (κ3) is 4.36. The topological polar surface area (TPSA) is 59.1 Å². The highest BCUT2D eigenvalue weighted by Gasteiger charge is 2.29. The van der Waals surface area contributed by atoms with E-state index in [1.165, 1.54) is 47.5 Å². The van der Waals surface area contributed by atoms with Crippen LogP contribution in [0.1, 0.15) is 36.1 Å². The number of benzene rings is 2. The zero-order valence-corrected chi connectivity index (χ0v) is 16.9. The molecule has 0 amide bonds. The summed E-state index contributed by atoms with van der Waals surface area (Å²) in [4.78, 5) is 26.7. The Hall–Kier alpha value is -3.02. The van der Waals surface area contributed by atoms with Crippen molar-refractivity contribution in [3.05, 3.63) is 58.7 Å². The Balaban J connectivity index is 1.48. The van der Waals surface area contributed by atoms with Crippen molar-refractivity contribution in [3.63, 3.8) is 0 Å². The quantitative estimate of drug-likeness (QED) is 0.702. The van der Waals surface area contributed by atoms with E-state index in [1.807, 2.05) is 0 Å². The van der Waals surface area contributed by atoms with E-state index >= 15 is 0 Å². The molecule has 6 heteroatoms. The lowest BCUT2D eigenvalue weighted by atomic mass is 9.97. The van der Waals surface area contributed by atoms with Crippen molar-refractivity contribution in [2.45, 2.75) is 39.8 Å². The summed E-state index contributed by atoms with van der Waals surface area (Å²) in [5.41, 5.74) is 7.53. The number of fused-ring (bicyclic) bond motifs is 6. The van der Waals surface area contributed by atoms with Crippen LogP contribution in [0.4, 0.5) is 11.4 Å². The van der Waals surface area contributed by atoms with Crippen molar-refractivity contribution in [1.82, 2.24) is 0 Å². The molecule has 0 unspecified atom stereocenters. The second kappa shape index (κ2) is 8.15. The maximum Gasteiger partial charge on any atom is 0.302 e.